The highest BCUT2D eigenvalue weighted by atomic mass is 32.2. The van der Waals surface area contributed by atoms with Gasteiger partial charge in [-0.15, -0.1) is 0 Å². The van der Waals surface area contributed by atoms with Gasteiger partial charge in [-0.2, -0.15) is 5.26 Å². The molecular formula is C25H25N5O3S. The summed E-state index contributed by atoms with van der Waals surface area (Å²) < 4.78 is 28.4. The summed E-state index contributed by atoms with van der Waals surface area (Å²) in [6.45, 7) is 4.06. The van der Waals surface area contributed by atoms with Crippen molar-refractivity contribution in [3.8, 4) is 6.07 Å². The van der Waals surface area contributed by atoms with Gasteiger partial charge in [-0.05, 0) is 61.4 Å². The second kappa shape index (κ2) is 9.93. The third kappa shape index (κ3) is 5.18. The Bertz CT molecular complexity index is 1350. The smallest absolute Gasteiger partial charge is 0.261 e. The molecule has 1 amide bonds. The summed E-state index contributed by atoms with van der Waals surface area (Å²) in [5.74, 6) is 0.394. The second-order valence-corrected chi connectivity index (χ2v) is 9.80. The topological polar surface area (TPSA) is 106 Å². The second-order valence-electron chi connectivity index (χ2n) is 8.12. The molecule has 8 nitrogen and oxygen atoms in total. The molecule has 0 unspecified atom stereocenters. The number of anilines is 2. The summed E-state index contributed by atoms with van der Waals surface area (Å²) in [5.41, 5.74) is 2.22. The lowest BCUT2D eigenvalue weighted by Crippen LogP contribution is -2.35. The highest BCUT2D eigenvalue weighted by molar-refractivity contribution is 7.92. The Morgan fingerprint density at radius 1 is 1.03 bits per heavy atom. The average Bonchev–Trinajstić information content (AvgIpc) is 3.10. The molecule has 2 aromatic carbocycles. The molecule has 0 radical (unpaired) electrons. The van der Waals surface area contributed by atoms with Gasteiger partial charge in [0.1, 0.15) is 11.9 Å². The normalized spacial score (nSPS) is 14.2. The zero-order chi connectivity index (χ0) is 24.1. The van der Waals surface area contributed by atoms with Crippen LogP contribution in [0.25, 0.3) is 0 Å². The summed E-state index contributed by atoms with van der Waals surface area (Å²) in [6.07, 6.45) is 2.36. The van der Waals surface area contributed by atoms with E-state index in [1.165, 1.54) is 12.1 Å². The van der Waals surface area contributed by atoms with Crippen LogP contribution in [0.3, 0.4) is 0 Å². The predicted molar refractivity (Wildman–Crippen MR) is 130 cm³/mol. The Morgan fingerprint density at radius 2 is 1.85 bits per heavy atom. The summed E-state index contributed by atoms with van der Waals surface area (Å²) in [5, 5.41) is 9.37. The van der Waals surface area contributed by atoms with E-state index < -0.39 is 10.0 Å². The molecule has 1 fully saturated rings. The molecule has 0 spiro atoms. The molecule has 0 aliphatic carbocycles. The molecule has 174 valence electrons. The van der Waals surface area contributed by atoms with E-state index >= 15 is 0 Å². The number of aryl methyl sites for hydroxylation is 1. The van der Waals surface area contributed by atoms with Gasteiger partial charge in [0, 0.05) is 43.6 Å². The van der Waals surface area contributed by atoms with E-state index in [9.17, 15) is 18.5 Å². The molecule has 34 heavy (non-hydrogen) atoms. The van der Waals surface area contributed by atoms with E-state index in [-0.39, 0.29) is 10.8 Å². The minimum Gasteiger partial charge on any atom is -0.354 e. The van der Waals surface area contributed by atoms with Crippen LogP contribution in [0.4, 0.5) is 11.5 Å². The Hall–Kier alpha value is -3.90. The van der Waals surface area contributed by atoms with E-state index in [2.05, 4.69) is 15.8 Å². The van der Waals surface area contributed by atoms with Crippen LogP contribution in [0.2, 0.25) is 0 Å². The maximum Gasteiger partial charge on any atom is 0.261 e. The molecule has 1 N–H and O–H groups in total. The molecule has 3 aromatic rings. The zero-order valence-electron chi connectivity index (χ0n) is 18.8. The number of sulfonamides is 1. The number of benzene rings is 2. The van der Waals surface area contributed by atoms with Crippen LogP contribution in [0.1, 0.15) is 27.9 Å². The first-order chi connectivity index (χ1) is 16.4. The molecule has 1 aliphatic rings. The number of nitrogens with zero attached hydrogens (tertiary/aromatic N) is 4. The van der Waals surface area contributed by atoms with Crippen LogP contribution in [0.15, 0.2) is 71.8 Å². The van der Waals surface area contributed by atoms with Gasteiger partial charge in [-0.25, -0.2) is 13.4 Å². The fourth-order valence-electron chi connectivity index (χ4n) is 3.97. The fourth-order valence-corrected chi connectivity index (χ4v) is 5.07. The Balaban J connectivity index is 1.49. The molecule has 4 rings (SSSR count). The average molecular weight is 476 g/mol. The summed E-state index contributed by atoms with van der Waals surface area (Å²) in [7, 11) is -3.84. The first-order valence-corrected chi connectivity index (χ1v) is 12.4. The van der Waals surface area contributed by atoms with Gasteiger partial charge in [0.05, 0.1) is 10.5 Å². The van der Waals surface area contributed by atoms with Crippen LogP contribution < -0.4 is 9.62 Å². The molecule has 2 heterocycles. The van der Waals surface area contributed by atoms with Crippen molar-refractivity contribution < 1.29 is 13.2 Å². The molecule has 0 atom stereocenters. The summed E-state index contributed by atoms with van der Waals surface area (Å²) in [4.78, 5) is 21.3. The number of hydrogen-bond acceptors (Lipinski definition) is 6. The quantitative estimate of drug-likeness (QED) is 0.606. The number of carbonyl (C=O) groups excluding carboxylic acids is 1. The number of amides is 1. The lowest BCUT2D eigenvalue weighted by atomic mass is 10.2. The van der Waals surface area contributed by atoms with E-state index in [1.807, 2.05) is 17.9 Å². The standard InChI is InChI=1S/C25H25N5O3S/c1-19-6-2-9-22(16-19)28-34(32,33)23-10-3-7-20(17-23)25(31)30-13-5-12-29(14-15-30)24-21(18-26)8-4-11-27-24/h2-4,6-11,16-17,28H,5,12-15H2,1H3. The Labute approximate surface area is 199 Å². The van der Waals surface area contributed by atoms with Crippen molar-refractivity contribution in [1.82, 2.24) is 9.88 Å². The predicted octanol–water partition coefficient (Wildman–Crippen LogP) is 3.42. The number of pyridine rings is 1. The fraction of sp³-hybridized carbons (Fsp3) is 0.240. The highest BCUT2D eigenvalue weighted by Crippen LogP contribution is 2.21. The van der Waals surface area contributed by atoms with Gasteiger partial charge >= 0.3 is 0 Å². The van der Waals surface area contributed by atoms with Gasteiger partial charge < -0.3 is 9.80 Å². The largest absolute Gasteiger partial charge is 0.354 e. The van der Waals surface area contributed by atoms with Crippen molar-refractivity contribution in [2.45, 2.75) is 18.2 Å². The molecule has 9 heteroatoms. The maximum atomic E-state index is 13.2. The van der Waals surface area contributed by atoms with E-state index in [4.69, 9.17) is 0 Å². The van der Waals surface area contributed by atoms with Crippen LogP contribution in [-0.4, -0.2) is 50.4 Å². The van der Waals surface area contributed by atoms with Crippen molar-refractivity contribution in [2.75, 3.05) is 35.8 Å². The van der Waals surface area contributed by atoms with E-state index in [0.29, 0.717) is 55.2 Å². The van der Waals surface area contributed by atoms with Crippen LogP contribution in [0, 0.1) is 18.3 Å². The number of rotatable bonds is 5. The van der Waals surface area contributed by atoms with E-state index in [1.54, 1.807) is 53.6 Å². The van der Waals surface area contributed by atoms with Crippen molar-refractivity contribution in [3.63, 3.8) is 0 Å². The minimum atomic E-state index is -3.84. The number of nitriles is 1. The third-order valence-electron chi connectivity index (χ3n) is 5.65. The summed E-state index contributed by atoms with van der Waals surface area (Å²) >= 11 is 0. The Morgan fingerprint density at radius 3 is 2.65 bits per heavy atom. The van der Waals surface area contributed by atoms with Gasteiger partial charge in [-0.3, -0.25) is 9.52 Å². The van der Waals surface area contributed by atoms with Gasteiger partial charge in [-0.1, -0.05) is 18.2 Å². The zero-order valence-corrected chi connectivity index (χ0v) is 19.6. The molecule has 1 aromatic heterocycles. The van der Waals surface area contributed by atoms with Crippen molar-refractivity contribution in [1.29, 1.82) is 5.26 Å². The van der Waals surface area contributed by atoms with Crippen LogP contribution in [0.5, 0.6) is 0 Å². The van der Waals surface area contributed by atoms with Crippen LogP contribution in [-0.2, 0) is 10.0 Å². The molecular weight excluding hydrogens is 450 g/mol. The lowest BCUT2D eigenvalue weighted by molar-refractivity contribution is 0.0766. The molecule has 1 saturated heterocycles. The number of carbonyl (C=O) groups is 1. The molecule has 1 aliphatic heterocycles. The first-order valence-electron chi connectivity index (χ1n) is 11.0. The van der Waals surface area contributed by atoms with Crippen molar-refractivity contribution >= 4 is 27.4 Å². The summed E-state index contributed by atoms with van der Waals surface area (Å²) in [6, 6.07) is 18.8. The molecule has 0 bridgehead atoms. The minimum absolute atomic E-state index is 0.0310. The lowest BCUT2D eigenvalue weighted by Gasteiger charge is -2.23. The third-order valence-corrected chi connectivity index (χ3v) is 7.03. The number of aromatic nitrogens is 1. The monoisotopic (exact) mass is 475 g/mol. The van der Waals surface area contributed by atoms with E-state index in [0.717, 1.165) is 5.56 Å². The maximum absolute atomic E-state index is 13.2. The first kappa shape index (κ1) is 23.3. The van der Waals surface area contributed by atoms with Gasteiger partial charge in [0.2, 0.25) is 0 Å². The molecule has 0 saturated carbocycles. The van der Waals surface area contributed by atoms with Gasteiger partial charge in [0.15, 0.2) is 0 Å². The van der Waals surface area contributed by atoms with Crippen LogP contribution >= 0.6 is 0 Å². The highest BCUT2D eigenvalue weighted by Gasteiger charge is 2.24. The number of nitrogens with one attached hydrogen (secondary N) is 1. The van der Waals surface area contributed by atoms with Crippen molar-refractivity contribution in [3.05, 3.63) is 83.6 Å². The Kier molecular flexibility index (Phi) is 6.80. The van der Waals surface area contributed by atoms with Crippen molar-refractivity contribution in [2.24, 2.45) is 0 Å². The SMILES string of the molecule is Cc1cccc(NS(=O)(=O)c2cccc(C(=O)N3CCCN(c4ncccc4C#N)CC3)c2)c1. The number of hydrogen-bond donors (Lipinski definition) is 1. The van der Waals surface area contributed by atoms with Gasteiger partial charge in [0.25, 0.3) is 15.9 Å².